The van der Waals surface area contributed by atoms with Gasteiger partial charge in [-0.3, -0.25) is 0 Å². The highest BCUT2D eigenvalue weighted by molar-refractivity contribution is 14.1. The summed E-state index contributed by atoms with van der Waals surface area (Å²) in [6, 6.07) is 1.84. The van der Waals surface area contributed by atoms with E-state index >= 15 is 0 Å². The van der Waals surface area contributed by atoms with Gasteiger partial charge in [0.15, 0.2) is 16.1 Å². The Balaban J connectivity index is 2.60. The van der Waals surface area contributed by atoms with Crippen LogP contribution in [0, 0.1) is 3.70 Å². The molecule has 2 rings (SSSR count). The van der Waals surface area contributed by atoms with Crippen LogP contribution in [-0.2, 0) is 0 Å². The summed E-state index contributed by atoms with van der Waals surface area (Å²) in [6.45, 7) is 0.287. The second-order valence-electron chi connectivity index (χ2n) is 1.97. The smallest absolute Gasteiger partial charge is 0.231 e. The van der Waals surface area contributed by atoms with Crippen molar-refractivity contribution in [1.29, 1.82) is 0 Å². The summed E-state index contributed by atoms with van der Waals surface area (Å²) < 4.78 is 11.9. The van der Waals surface area contributed by atoms with Gasteiger partial charge in [-0.15, -0.1) is 0 Å². The van der Waals surface area contributed by atoms with Crippen molar-refractivity contribution >= 4 is 38.5 Å². The molecule has 0 aromatic carbocycles. The summed E-state index contributed by atoms with van der Waals surface area (Å²) in [5.74, 6) is 1.46. The molecule has 1 aliphatic rings. The highest BCUT2D eigenvalue weighted by Crippen LogP contribution is 2.38. The van der Waals surface area contributed by atoms with E-state index in [9.17, 15) is 0 Å². The molecule has 58 valence electrons. The molecule has 1 aromatic rings. The van der Waals surface area contributed by atoms with Crippen LogP contribution in [-0.4, -0.2) is 11.8 Å². The molecule has 1 aromatic heterocycles. The number of hydrogen-bond acceptors (Lipinski definition) is 3. The topological polar surface area (TPSA) is 31.4 Å². The maximum absolute atomic E-state index is 5.16. The molecule has 0 saturated carbocycles. The Morgan fingerprint density at radius 2 is 2.36 bits per heavy atom. The zero-order chi connectivity index (χ0) is 7.84. The van der Waals surface area contributed by atoms with Crippen LogP contribution in [0.5, 0.6) is 11.5 Å². The van der Waals surface area contributed by atoms with Crippen LogP contribution in [0.15, 0.2) is 10.7 Å². The quantitative estimate of drug-likeness (QED) is 0.540. The summed E-state index contributed by atoms with van der Waals surface area (Å²) in [5, 5.41) is 0. The fourth-order valence-electron chi connectivity index (χ4n) is 0.842. The molecule has 0 saturated heterocycles. The van der Waals surface area contributed by atoms with Gasteiger partial charge >= 0.3 is 0 Å². The minimum atomic E-state index is 0.287. The van der Waals surface area contributed by atoms with Crippen molar-refractivity contribution in [2.45, 2.75) is 0 Å². The Bertz CT molecular complexity index is 305. The van der Waals surface area contributed by atoms with Crippen molar-refractivity contribution in [2.24, 2.45) is 0 Å². The number of nitrogens with zero attached hydrogens (tertiary/aromatic N) is 1. The molecule has 0 amide bonds. The lowest BCUT2D eigenvalue weighted by atomic mass is 10.4. The number of pyridine rings is 1. The molecule has 0 unspecified atom stereocenters. The van der Waals surface area contributed by atoms with Gasteiger partial charge in [0.2, 0.25) is 6.79 Å². The van der Waals surface area contributed by atoms with Gasteiger partial charge in [0.05, 0.1) is 0 Å². The molecular weight excluding hydrogens is 325 g/mol. The number of hydrogen-bond donors (Lipinski definition) is 0. The summed E-state index contributed by atoms with van der Waals surface area (Å²) in [4.78, 5) is 4.14. The lowest BCUT2D eigenvalue weighted by Gasteiger charge is -1.97. The van der Waals surface area contributed by atoms with Gasteiger partial charge in [0.1, 0.15) is 3.70 Å². The molecule has 2 heterocycles. The number of halogens is 2. The zero-order valence-electron chi connectivity index (χ0n) is 5.30. The largest absolute Gasteiger partial charge is 0.453 e. The van der Waals surface area contributed by atoms with Crippen LogP contribution in [0.2, 0.25) is 0 Å². The van der Waals surface area contributed by atoms with E-state index in [2.05, 4.69) is 43.5 Å². The third-order valence-corrected chi connectivity index (χ3v) is 2.37. The molecule has 1 aliphatic heterocycles. The molecule has 0 aliphatic carbocycles. The molecule has 11 heavy (non-hydrogen) atoms. The summed E-state index contributed by atoms with van der Waals surface area (Å²) in [6.07, 6.45) is 0. The lowest BCUT2D eigenvalue weighted by molar-refractivity contribution is 0.173. The van der Waals surface area contributed by atoms with E-state index < -0.39 is 0 Å². The van der Waals surface area contributed by atoms with Gasteiger partial charge in [-0.05, 0) is 38.5 Å². The standard InChI is InChI=1S/C6H3BrINO2/c7-6-5-3(10-2-11-5)1-4(8)9-6/h1H,2H2. The monoisotopic (exact) mass is 327 g/mol. The van der Waals surface area contributed by atoms with Gasteiger partial charge in [0.25, 0.3) is 0 Å². The van der Waals surface area contributed by atoms with Gasteiger partial charge in [-0.2, -0.15) is 0 Å². The Labute approximate surface area is 85.4 Å². The van der Waals surface area contributed by atoms with Crippen molar-refractivity contribution < 1.29 is 9.47 Å². The zero-order valence-corrected chi connectivity index (χ0v) is 9.05. The third-order valence-electron chi connectivity index (χ3n) is 1.28. The summed E-state index contributed by atoms with van der Waals surface area (Å²) in [7, 11) is 0. The first-order valence-electron chi connectivity index (χ1n) is 2.89. The van der Waals surface area contributed by atoms with Crippen LogP contribution in [0.1, 0.15) is 0 Å². The number of fused-ring (bicyclic) bond motifs is 1. The average molecular weight is 328 g/mol. The van der Waals surface area contributed by atoms with Crippen LogP contribution in [0.25, 0.3) is 0 Å². The normalized spacial score (nSPS) is 13.6. The first-order chi connectivity index (χ1) is 5.27. The maximum Gasteiger partial charge on any atom is 0.231 e. The van der Waals surface area contributed by atoms with E-state index in [1.165, 1.54) is 0 Å². The lowest BCUT2D eigenvalue weighted by Crippen LogP contribution is -1.93. The van der Waals surface area contributed by atoms with Crippen molar-refractivity contribution in [2.75, 3.05) is 6.79 Å². The Morgan fingerprint density at radius 1 is 1.55 bits per heavy atom. The molecule has 0 spiro atoms. The molecule has 0 radical (unpaired) electrons. The molecule has 0 fully saturated rings. The van der Waals surface area contributed by atoms with Crippen LogP contribution >= 0.6 is 38.5 Å². The fourth-order valence-corrected chi connectivity index (χ4v) is 2.20. The van der Waals surface area contributed by atoms with Crippen molar-refractivity contribution in [3.63, 3.8) is 0 Å². The summed E-state index contributed by atoms with van der Waals surface area (Å²) in [5.41, 5.74) is 0. The highest BCUT2D eigenvalue weighted by Gasteiger charge is 2.18. The van der Waals surface area contributed by atoms with Gasteiger partial charge < -0.3 is 9.47 Å². The molecular formula is C6H3BrINO2. The first-order valence-corrected chi connectivity index (χ1v) is 4.76. The van der Waals surface area contributed by atoms with E-state index in [4.69, 9.17) is 9.47 Å². The van der Waals surface area contributed by atoms with Crippen molar-refractivity contribution in [1.82, 2.24) is 4.98 Å². The SMILES string of the molecule is Brc1nc(I)cc2c1OCO2. The molecule has 3 nitrogen and oxygen atoms in total. The maximum atomic E-state index is 5.16. The second-order valence-corrected chi connectivity index (χ2v) is 3.83. The average Bonchev–Trinajstić information content (AvgIpc) is 2.34. The van der Waals surface area contributed by atoms with E-state index in [0.717, 1.165) is 9.45 Å². The molecule has 0 bridgehead atoms. The van der Waals surface area contributed by atoms with Crippen molar-refractivity contribution in [3.05, 3.63) is 14.4 Å². The molecule has 0 atom stereocenters. The molecule has 5 heteroatoms. The van der Waals surface area contributed by atoms with E-state index in [1.807, 2.05) is 6.07 Å². The van der Waals surface area contributed by atoms with Crippen LogP contribution in [0.4, 0.5) is 0 Å². The number of aromatic nitrogens is 1. The second kappa shape index (κ2) is 2.78. The Hall–Kier alpha value is -0.0400. The van der Waals surface area contributed by atoms with Gasteiger partial charge in [-0.1, -0.05) is 0 Å². The Kier molecular flexibility index (Phi) is 1.92. The summed E-state index contributed by atoms with van der Waals surface area (Å²) >= 11 is 5.40. The number of ether oxygens (including phenoxy) is 2. The minimum Gasteiger partial charge on any atom is -0.453 e. The van der Waals surface area contributed by atoms with Gasteiger partial charge in [0, 0.05) is 6.07 Å². The predicted octanol–water partition coefficient (Wildman–Crippen LogP) is 2.18. The van der Waals surface area contributed by atoms with Crippen molar-refractivity contribution in [3.8, 4) is 11.5 Å². The number of rotatable bonds is 0. The van der Waals surface area contributed by atoms with Crippen LogP contribution in [0.3, 0.4) is 0 Å². The third kappa shape index (κ3) is 1.31. The minimum absolute atomic E-state index is 0.287. The fraction of sp³-hybridized carbons (Fsp3) is 0.167. The predicted molar refractivity (Wildman–Crippen MR) is 50.8 cm³/mol. The van der Waals surface area contributed by atoms with Crippen LogP contribution < -0.4 is 9.47 Å². The van der Waals surface area contributed by atoms with E-state index in [0.29, 0.717) is 10.4 Å². The highest BCUT2D eigenvalue weighted by atomic mass is 127. The van der Waals surface area contributed by atoms with E-state index in [-0.39, 0.29) is 6.79 Å². The first kappa shape index (κ1) is 7.60. The Morgan fingerprint density at radius 3 is 3.18 bits per heavy atom. The van der Waals surface area contributed by atoms with Gasteiger partial charge in [-0.25, -0.2) is 4.98 Å². The molecule has 0 N–H and O–H groups in total. The van der Waals surface area contributed by atoms with E-state index in [1.54, 1.807) is 0 Å².